The number of allylic oxidation sites excluding steroid dienone is 4. The first-order valence-electron chi connectivity index (χ1n) is 10.4. The molecule has 0 heterocycles. The molecule has 0 aliphatic rings. The Morgan fingerprint density at radius 1 is 1.07 bits per heavy atom. The van der Waals surface area contributed by atoms with Crippen LogP contribution in [-0.2, 0) is 0 Å². The fourth-order valence-electron chi connectivity index (χ4n) is 3.17. The van der Waals surface area contributed by atoms with Gasteiger partial charge in [-0.3, -0.25) is 4.99 Å². The standard InChI is InChI=1S/C27H32N2/c1-6-9-13-24(26(21(5)29-8-3)27(28)20(4)7-2)19-18-23-16-12-15-22-14-10-11-17-25(22)23/h8,10-17H,6-7,9,28H2,1-5H3/b24-13-,26-21-,27-20-,29-8?. The van der Waals surface area contributed by atoms with E-state index in [9.17, 15) is 0 Å². The second kappa shape index (κ2) is 11.1. The third-order valence-electron chi connectivity index (χ3n) is 4.97. The van der Waals surface area contributed by atoms with Gasteiger partial charge in [0.25, 0.3) is 0 Å². The molecular weight excluding hydrogens is 352 g/mol. The maximum absolute atomic E-state index is 6.57. The van der Waals surface area contributed by atoms with E-state index in [1.165, 1.54) is 10.8 Å². The Bertz CT molecular complexity index is 1030. The van der Waals surface area contributed by atoms with E-state index >= 15 is 0 Å². The highest BCUT2D eigenvalue weighted by Crippen LogP contribution is 2.25. The van der Waals surface area contributed by atoms with Gasteiger partial charge < -0.3 is 5.73 Å². The lowest BCUT2D eigenvalue weighted by Gasteiger charge is -2.14. The van der Waals surface area contributed by atoms with E-state index in [4.69, 9.17) is 5.73 Å². The van der Waals surface area contributed by atoms with Crippen molar-refractivity contribution in [3.05, 3.63) is 82.2 Å². The van der Waals surface area contributed by atoms with Gasteiger partial charge in [0, 0.05) is 34.3 Å². The van der Waals surface area contributed by atoms with Crippen molar-refractivity contribution in [3.63, 3.8) is 0 Å². The van der Waals surface area contributed by atoms with Crippen LogP contribution < -0.4 is 5.73 Å². The van der Waals surface area contributed by atoms with E-state index in [-0.39, 0.29) is 0 Å². The molecule has 0 amide bonds. The number of nitrogens with zero attached hydrogens (tertiary/aromatic N) is 1. The van der Waals surface area contributed by atoms with Crippen LogP contribution in [0.5, 0.6) is 0 Å². The van der Waals surface area contributed by atoms with Crippen LogP contribution in [0, 0.1) is 11.8 Å². The van der Waals surface area contributed by atoms with Gasteiger partial charge in [-0.25, -0.2) is 0 Å². The Hall–Kier alpha value is -3.05. The van der Waals surface area contributed by atoms with Gasteiger partial charge in [-0.05, 0) is 56.0 Å². The van der Waals surface area contributed by atoms with Crippen LogP contribution in [0.25, 0.3) is 10.8 Å². The highest BCUT2D eigenvalue weighted by atomic mass is 14.7. The van der Waals surface area contributed by atoms with E-state index in [1.807, 2.05) is 13.8 Å². The minimum atomic E-state index is 0.783. The zero-order chi connectivity index (χ0) is 21.2. The molecule has 2 aromatic rings. The van der Waals surface area contributed by atoms with Gasteiger partial charge in [-0.1, -0.05) is 74.6 Å². The second-order valence-corrected chi connectivity index (χ2v) is 7.08. The zero-order valence-electron chi connectivity index (χ0n) is 18.3. The number of rotatable bonds is 6. The van der Waals surface area contributed by atoms with E-state index in [1.54, 1.807) is 6.21 Å². The van der Waals surface area contributed by atoms with Crippen LogP contribution in [0.3, 0.4) is 0 Å². The number of fused-ring (bicyclic) bond motifs is 1. The lowest BCUT2D eigenvalue weighted by atomic mass is 9.95. The molecule has 0 bridgehead atoms. The molecule has 0 radical (unpaired) electrons. The minimum Gasteiger partial charge on any atom is -0.398 e. The predicted octanol–water partition coefficient (Wildman–Crippen LogP) is 6.93. The van der Waals surface area contributed by atoms with Gasteiger partial charge in [-0.15, -0.1) is 0 Å². The molecule has 2 aromatic carbocycles. The van der Waals surface area contributed by atoms with Gasteiger partial charge in [0.2, 0.25) is 0 Å². The van der Waals surface area contributed by atoms with Crippen molar-refractivity contribution in [2.24, 2.45) is 10.7 Å². The molecule has 0 aliphatic carbocycles. The summed E-state index contributed by atoms with van der Waals surface area (Å²) in [7, 11) is 0. The topological polar surface area (TPSA) is 38.4 Å². The van der Waals surface area contributed by atoms with Crippen LogP contribution in [0.4, 0.5) is 0 Å². The molecule has 0 aromatic heterocycles. The van der Waals surface area contributed by atoms with Crippen molar-refractivity contribution in [1.82, 2.24) is 0 Å². The Morgan fingerprint density at radius 2 is 1.79 bits per heavy atom. The van der Waals surface area contributed by atoms with Crippen LogP contribution >= 0.6 is 0 Å². The second-order valence-electron chi connectivity index (χ2n) is 7.08. The molecule has 0 spiro atoms. The molecule has 2 rings (SSSR count). The molecule has 150 valence electrons. The largest absolute Gasteiger partial charge is 0.398 e. The summed E-state index contributed by atoms with van der Waals surface area (Å²) in [4.78, 5) is 4.53. The number of benzene rings is 2. The average Bonchev–Trinajstić information content (AvgIpc) is 2.74. The summed E-state index contributed by atoms with van der Waals surface area (Å²) in [5.41, 5.74) is 12.3. The Balaban J connectivity index is 2.68. The van der Waals surface area contributed by atoms with E-state index < -0.39 is 0 Å². The first-order chi connectivity index (χ1) is 14.0. The normalized spacial score (nSPS) is 13.8. The van der Waals surface area contributed by atoms with Gasteiger partial charge in [0.05, 0.1) is 0 Å². The molecule has 29 heavy (non-hydrogen) atoms. The third-order valence-corrected chi connectivity index (χ3v) is 4.97. The molecule has 0 atom stereocenters. The first-order valence-corrected chi connectivity index (χ1v) is 10.4. The van der Waals surface area contributed by atoms with E-state index in [2.05, 4.69) is 86.1 Å². The van der Waals surface area contributed by atoms with E-state index in [0.717, 1.165) is 52.9 Å². The predicted molar refractivity (Wildman–Crippen MR) is 128 cm³/mol. The van der Waals surface area contributed by atoms with Crippen molar-refractivity contribution in [2.45, 2.75) is 53.9 Å². The van der Waals surface area contributed by atoms with Crippen molar-refractivity contribution >= 4 is 17.0 Å². The molecule has 2 N–H and O–H groups in total. The van der Waals surface area contributed by atoms with Gasteiger partial charge >= 0.3 is 0 Å². The molecular formula is C27H32N2. The van der Waals surface area contributed by atoms with E-state index in [0.29, 0.717) is 0 Å². The Kier molecular flexibility index (Phi) is 8.49. The van der Waals surface area contributed by atoms with Crippen LogP contribution in [-0.4, -0.2) is 6.21 Å². The number of hydrogen-bond donors (Lipinski definition) is 1. The minimum absolute atomic E-state index is 0.783. The Morgan fingerprint density at radius 3 is 2.48 bits per heavy atom. The van der Waals surface area contributed by atoms with Crippen LogP contribution in [0.2, 0.25) is 0 Å². The molecule has 0 saturated carbocycles. The quantitative estimate of drug-likeness (QED) is 0.327. The number of unbranched alkanes of at least 4 members (excludes halogenated alkanes) is 1. The smallest absolute Gasteiger partial charge is 0.0474 e. The summed E-state index contributed by atoms with van der Waals surface area (Å²) in [6, 6.07) is 14.6. The number of hydrogen-bond acceptors (Lipinski definition) is 2. The molecule has 0 aliphatic heterocycles. The SMILES string of the molecule is CC=N/C(C)=C(C(/C#Cc1cccc2ccccc12)=C\CCC)\C(N)=C(/C)CC. The summed E-state index contributed by atoms with van der Waals surface area (Å²) in [5, 5.41) is 2.36. The van der Waals surface area contributed by atoms with Crippen LogP contribution in [0.15, 0.2) is 81.6 Å². The van der Waals surface area contributed by atoms with Crippen LogP contribution in [0.1, 0.15) is 59.4 Å². The lowest BCUT2D eigenvalue weighted by Crippen LogP contribution is -2.08. The fourth-order valence-corrected chi connectivity index (χ4v) is 3.17. The van der Waals surface area contributed by atoms with Crippen molar-refractivity contribution in [1.29, 1.82) is 0 Å². The average molecular weight is 385 g/mol. The molecule has 0 fully saturated rings. The summed E-state index contributed by atoms with van der Waals surface area (Å²) < 4.78 is 0. The maximum atomic E-state index is 6.57. The van der Waals surface area contributed by atoms with Crippen molar-refractivity contribution in [2.75, 3.05) is 0 Å². The molecule has 2 heteroatoms. The number of aliphatic imine (C=N–C) groups is 1. The zero-order valence-corrected chi connectivity index (χ0v) is 18.3. The number of nitrogens with two attached hydrogens (primary N) is 1. The molecule has 0 saturated heterocycles. The summed E-state index contributed by atoms with van der Waals surface area (Å²) >= 11 is 0. The highest BCUT2D eigenvalue weighted by Gasteiger charge is 2.12. The molecule has 2 nitrogen and oxygen atoms in total. The summed E-state index contributed by atoms with van der Waals surface area (Å²) in [6.45, 7) is 10.3. The first kappa shape index (κ1) is 22.2. The highest BCUT2D eigenvalue weighted by molar-refractivity contribution is 5.88. The van der Waals surface area contributed by atoms with Crippen molar-refractivity contribution < 1.29 is 0 Å². The summed E-state index contributed by atoms with van der Waals surface area (Å²) in [5.74, 6) is 6.83. The monoisotopic (exact) mass is 384 g/mol. The van der Waals surface area contributed by atoms with Gasteiger partial charge in [-0.2, -0.15) is 0 Å². The fraction of sp³-hybridized carbons (Fsp3) is 0.296. The molecule has 0 unspecified atom stereocenters. The summed E-state index contributed by atoms with van der Waals surface area (Å²) in [6.07, 6.45) is 6.90. The Labute approximate surface area is 175 Å². The third kappa shape index (κ3) is 5.72. The van der Waals surface area contributed by atoms with Gasteiger partial charge in [0.15, 0.2) is 0 Å². The van der Waals surface area contributed by atoms with Crippen molar-refractivity contribution in [3.8, 4) is 11.8 Å². The van der Waals surface area contributed by atoms with Gasteiger partial charge in [0.1, 0.15) is 0 Å². The maximum Gasteiger partial charge on any atom is 0.0474 e. The lowest BCUT2D eigenvalue weighted by molar-refractivity contribution is 0.951.